The molecule has 0 aliphatic rings. The molecule has 0 fully saturated rings. The molecule has 1 atom stereocenters. The van der Waals surface area contributed by atoms with Crippen molar-refractivity contribution in [3.05, 3.63) is 65.7 Å². The van der Waals surface area contributed by atoms with Gasteiger partial charge in [-0.1, -0.05) is 56.3 Å². The minimum absolute atomic E-state index is 0.0207. The van der Waals surface area contributed by atoms with E-state index in [9.17, 15) is 9.90 Å². The van der Waals surface area contributed by atoms with E-state index in [1.807, 2.05) is 51.2 Å². The molecule has 4 nitrogen and oxygen atoms in total. The van der Waals surface area contributed by atoms with Crippen LogP contribution in [-0.4, -0.2) is 36.1 Å². The van der Waals surface area contributed by atoms with Crippen LogP contribution in [0, 0.1) is 11.3 Å². The summed E-state index contributed by atoms with van der Waals surface area (Å²) in [6.07, 6.45) is 0.807. The highest BCUT2D eigenvalue weighted by Crippen LogP contribution is 2.39. The SMILES string of the molecule is CC(C)CN(C)C(c1cccc(O)c1)C(C)(C)C(=O)NCCc1ccccc1. The van der Waals surface area contributed by atoms with Gasteiger partial charge >= 0.3 is 0 Å². The molecule has 0 saturated heterocycles. The van der Waals surface area contributed by atoms with Crippen molar-refractivity contribution in [1.82, 2.24) is 10.2 Å². The average Bonchev–Trinajstić information content (AvgIpc) is 2.61. The Hall–Kier alpha value is -2.33. The number of benzene rings is 2. The van der Waals surface area contributed by atoms with E-state index in [1.54, 1.807) is 12.1 Å². The summed E-state index contributed by atoms with van der Waals surface area (Å²) in [6.45, 7) is 9.77. The number of aromatic hydroxyl groups is 1. The van der Waals surface area contributed by atoms with Crippen LogP contribution >= 0.6 is 0 Å². The van der Waals surface area contributed by atoms with E-state index in [-0.39, 0.29) is 17.7 Å². The van der Waals surface area contributed by atoms with Gasteiger partial charge in [0.05, 0.1) is 5.41 Å². The van der Waals surface area contributed by atoms with E-state index in [0.717, 1.165) is 18.5 Å². The molecule has 2 rings (SSSR count). The third-order valence-electron chi connectivity index (χ3n) is 5.09. The lowest BCUT2D eigenvalue weighted by molar-refractivity contribution is -0.133. The Morgan fingerprint density at radius 3 is 2.39 bits per heavy atom. The second-order valence-electron chi connectivity index (χ2n) is 8.54. The van der Waals surface area contributed by atoms with Crippen molar-refractivity contribution in [2.24, 2.45) is 11.3 Å². The van der Waals surface area contributed by atoms with Gasteiger partial charge in [-0.25, -0.2) is 0 Å². The molecule has 0 radical (unpaired) electrons. The molecule has 0 heterocycles. The standard InChI is InChI=1S/C24H34N2O2/c1-18(2)17-26(5)22(20-12-9-13-21(27)16-20)24(3,4)23(28)25-15-14-19-10-7-6-8-11-19/h6-13,16,18,22,27H,14-15,17H2,1-5H3,(H,25,28). The summed E-state index contributed by atoms with van der Waals surface area (Å²) in [5.41, 5.74) is 1.50. The van der Waals surface area contributed by atoms with Gasteiger partial charge in [-0.05, 0) is 56.5 Å². The monoisotopic (exact) mass is 382 g/mol. The molecule has 0 saturated carbocycles. The van der Waals surface area contributed by atoms with Crippen LogP contribution in [0.2, 0.25) is 0 Å². The van der Waals surface area contributed by atoms with Crippen molar-refractivity contribution < 1.29 is 9.90 Å². The molecule has 0 spiro atoms. The first kappa shape index (κ1) is 22.0. The number of hydrogen-bond acceptors (Lipinski definition) is 3. The van der Waals surface area contributed by atoms with Crippen LogP contribution in [0.3, 0.4) is 0 Å². The molecular weight excluding hydrogens is 348 g/mol. The zero-order valence-electron chi connectivity index (χ0n) is 17.8. The highest BCUT2D eigenvalue weighted by molar-refractivity contribution is 5.83. The topological polar surface area (TPSA) is 52.6 Å². The Morgan fingerprint density at radius 2 is 1.79 bits per heavy atom. The predicted molar refractivity (Wildman–Crippen MR) is 115 cm³/mol. The lowest BCUT2D eigenvalue weighted by Crippen LogP contribution is -2.47. The fraction of sp³-hybridized carbons (Fsp3) is 0.458. The summed E-state index contributed by atoms with van der Waals surface area (Å²) in [6, 6.07) is 17.3. The van der Waals surface area contributed by atoms with Gasteiger partial charge in [-0.15, -0.1) is 0 Å². The average molecular weight is 383 g/mol. The van der Waals surface area contributed by atoms with E-state index in [0.29, 0.717) is 12.5 Å². The highest BCUT2D eigenvalue weighted by Gasteiger charge is 2.40. The van der Waals surface area contributed by atoms with Crippen LogP contribution in [0.5, 0.6) is 5.75 Å². The second kappa shape index (κ2) is 9.74. The van der Waals surface area contributed by atoms with Gasteiger partial charge in [0.25, 0.3) is 0 Å². The molecule has 0 bridgehead atoms. The van der Waals surface area contributed by atoms with E-state index >= 15 is 0 Å². The summed E-state index contributed by atoms with van der Waals surface area (Å²) in [5.74, 6) is 0.717. The van der Waals surface area contributed by atoms with Crippen molar-refractivity contribution in [1.29, 1.82) is 0 Å². The second-order valence-corrected chi connectivity index (χ2v) is 8.54. The molecule has 152 valence electrons. The maximum absolute atomic E-state index is 13.1. The van der Waals surface area contributed by atoms with Crippen molar-refractivity contribution >= 4 is 5.91 Å². The van der Waals surface area contributed by atoms with E-state index < -0.39 is 5.41 Å². The number of carbonyl (C=O) groups is 1. The Balaban J connectivity index is 2.17. The quantitative estimate of drug-likeness (QED) is 0.676. The van der Waals surface area contributed by atoms with Crippen molar-refractivity contribution in [2.75, 3.05) is 20.1 Å². The molecule has 2 N–H and O–H groups in total. The van der Waals surface area contributed by atoms with E-state index in [2.05, 4.69) is 36.2 Å². The molecule has 2 aromatic carbocycles. The molecule has 4 heteroatoms. The minimum atomic E-state index is -0.659. The van der Waals surface area contributed by atoms with Crippen molar-refractivity contribution in [3.8, 4) is 5.75 Å². The van der Waals surface area contributed by atoms with Gasteiger partial charge in [0.15, 0.2) is 0 Å². The Morgan fingerprint density at radius 1 is 1.11 bits per heavy atom. The van der Waals surface area contributed by atoms with Gasteiger partial charge in [-0.2, -0.15) is 0 Å². The maximum atomic E-state index is 13.1. The van der Waals surface area contributed by atoms with Gasteiger partial charge in [-0.3, -0.25) is 9.69 Å². The van der Waals surface area contributed by atoms with Crippen LogP contribution in [0.1, 0.15) is 44.9 Å². The Labute approximate surface area is 169 Å². The number of amides is 1. The summed E-state index contributed by atoms with van der Waals surface area (Å²) < 4.78 is 0. The number of nitrogens with zero attached hydrogens (tertiary/aromatic N) is 1. The van der Waals surface area contributed by atoms with Gasteiger partial charge in [0.1, 0.15) is 5.75 Å². The van der Waals surface area contributed by atoms with Crippen LogP contribution in [-0.2, 0) is 11.2 Å². The number of phenolic OH excluding ortho intramolecular Hbond substituents is 1. The Kier molecular flexibility index (Phi) is 7.64. The first-order valence-electron chi connectivity index (χ1n) is 10.0. The maximum Gasteiger partial charge on any atom is 0.227 e. The fourth-order valence-corrected chi connectivity index (χ4v) is 3.92. The smallest absolute Gasteiger partial charge is 0.227 e. The largest absolute Gasteiger partial charge is 0.508 e. The molecule has 1 unspecified atom stereocenters. The van der Waals surface area contributed by atoms with Gasteiger partial charge < -0.3 is 10.4 Å². The van der Waals surface area contributed by atoms with Crippen LogP contribution in [0.25, 0.3) is 0 Å². The van der Waals surface area contributed by atoms with Gasteiger partial charge in [0.2, 0.25) is 5.91 Å². The van der Waals surface area contributed by atoms with Crippen LogP contribution < -0.4 is 5.32 Å². The van der Waals surface area contributed by atoms with Crippen molar-refractivity contribution in [2.45, 2.75) is 40.2 Å². The predicted octanol–water partition coefficient (Wildman–Crippen LogP) is 4.41. The van der Waals surface area contributed by atoms with E-state index in [1.165, 1.54) is 5.56 Å². The van der Waals surface area contributed by atoms with Gasteiger partial charge in [0, 0.05) is 19.1 Å². The normalized spacial score (nSPS) is 13.0. The lowest BCUT2D eigenvalue weighted by atomic mass is 9.78. The zero-order chi connectivity index (χ0) is 20.7. The summed E-state index contributed by atoms with van der Waals surface area (Å²) in [5, 5.41) is 13.1. The molecule has 0 aliphatic heterocycles. The third-order valence-corrected chi connectivity index (χ3v) is 5.09. The number of rotatable bonds is 9. The zero-order valence-corrected chi connectivity index (χ0v) is 17.8. The molecule has 0 aromatic heterocycles. The number of hydrogen-bond donors (Lipinski definition) is 2. The summed E-state index contributed by atoms with van der Waals surface area (Å²) in [7, 11) is 2.05. The Bertz CT molecular complexity index is 756. The summed E-state index contributed by atoms with van der Waals surface area (Å²) >= 11 is 0. The van der Waals surface area contributed by atoms with Crippen LogP contribution in [0.4, 0.5) is 0 Å². The number of carbonyl (C=O) groups excluding carboxylic acids is 1. The number of phenols is 1. The number of nitrogens with one attached hydrogen (secondary N) is 1. The first-order valence-corrected chi connectivity index (χ1v) is 10.0. The molecule has 1 amide bonds. The third kappa shape index (κ3) is 5.83. The highest BCUT2D eigenvalue weighted by atomic mass is 16.3. The molecular formula is C24H34N2O2. The first-order chi connectivity index (χ1) is 13.2. The minimum Gasteiger partial charge on any atom is -0.508 e. The molecule has 2 aromatic rings. The molecule has 0 aliphatic carbocycles. The van der Waals surface area contributed by atoms with E-state index in [4.69, 9.17) is 0 Å². The molecule has 28 heavy (non-hydrogen) atoms. The summed E-state index contributed by atoms with van der Waals surface area (Å²) in [4.78, 5) is 15.4. The van der Waals surface area contributed by atoms with Crippen LogP contribution in [0.15, 0.2) is 54.6 Å². The van der Waals surface area contributed by atoms with Crippen molar-refractivity contribution in [3.63, 3.8) is 0 Å². The lowest BCUT2D eigenvalue weighted by Gasteiger charge is -2.40. The fourth-order valence-electron chi connectivity index (χ4n) is 3.92.